The first-order valence-corrected chi connectivity index (χ1v) is 13.4. The van der Waals surface area contributed by atoms with Gasteiger partial charge < -0.3 is 29.4 Å². The lowest BCUT2D eigenvalue weighted by Crippen LogP contribution is -2.30. The Kier molecular flexibility index (Phi) is 7.09. The van der Waals surface area contributed by atoms with Gasteiger partial charge in [-0.05, 0) is 109 Å². The van der Waals surface area contributed by atoms with E-state index in [0.29, 0.717) is 16.6 Å². The first kappa shape index (κ1) is 26.1. The van der Waals surface area contributed by atoms with Crippen LogP contribution in [0.3, 0.4) is 0 Å². The van der Waals surface area contributed by atoms with Crippen molar-refractivity contribution in [2.75, 3.05) is 12.0 Å². The van der Waals surface area contributed by atoms with E-state index in [4.69, 9.17) is 21.7 Å². The molecule has 1 aliphatic heterocycles. The number of ether oxygens (including phenoxy) is 2. The monoisotopic (exact) mass is 562 g/mol. The van der Waals surface area contributed by atoms with Crippen LogP contribution < -0.4 is 19.7 Å². The van der Waals surface area contributed by atoms with Gasteiger partial charge in [0.05, 0.1) is 24.4 Å². The Labute approximate surface area is 242 Å². The Bertz CT molecular complexity index is 1670. The molecule has 6 rings (SSSR count). The molecular formula is C32H26N4O4S. The van der Waals surface area contributed by atoms with Crippen LogP contribution in [0.2, 0.25) is 0 Å². The first-order valence-electron chi connectivity index (χ1n) is 13.0. The number of carbonyl (C=O) groups is 1. The molecular weight excluding hydrogens is 536 g/mol. The minimum absolute atomic E-state index is 0.231. The minimum atomic E-state index is -0.963. The van der Waals surface area contributed by atoms with Gasteiger partial charge in [0.2, 0.25) is 0 Å². The number of thiocarbonyl (C=S) groups is 1. The first-order chi connectivity index (χ1) is 20.0. The molecule has 204 valence electrons. The molecule has 2 atom stereocenters. The standard InChI is InChI=1S/C32H26N4O4S/c1-39-24-15-17-26(18-16-24)40-25-13-11-23(12-14-25)36-30(29(34-32(36)41)27-5-2-3-19-33-27)28-6-4-20-35(28)22-9-7-21(8-10-22)31(37)38/h2-20,29-30H,1H3,(H,34,41)(H,37,38)/t29-,30-/m0/s1. The molecule has 0 aliphatic carbocycles. The van der Waals surface area contributed by atoms with Crippen molar-refractivity contribution in [2.45, 2.75) is 12.1 Å². The van der Waals surface area contributed by atoms with Gasteiger partial charge in [0, 0.05) is 29.5 Å². The molecule has 1 aliphatic rings. The zero-order valence-corrected chi connectivity index (χ0v) is 22.9. The molecule has 1 saturated heterocycles. The summed E-state index contributed by atoms with van der Waals surface area (Å²) < 4.78 is 13.3. The third-order valence-electron chi connectivity index (χ3n) is 6.98. The van der Waals surface area contributed by atoms with Crippen LogP contribution in [0.4, 0.5) is 5.69 Å². The number of hydrogen-bond acceptors (Lipinski definition) is 5. The van der Waals surface area contributed by atoms with Crippen LogP contribution >= 0.6 is 12.2 Å². The molecule has 8 nitrogen and oxygen atoms in total. The number of hydrogen-bond donors (Lipinski definition) is 2. The summed E-state index contributed by atoms with van der Waals surface area (Å²) in [6, 6.07) is 31.4. The lowest BCUT2D eigenvalue weighted by molar-refractivity contribution is 0.0697. The number of nitrogens with one attached hydrogen (secondary N) is 1. The van der Waals surface area contributed by atoms with Gasteiger partial charge in [-0.15, -0.1) is 0 Å². The Hall–Kier alpha value is -5.15. The summed E-state index contributed by atoms with van der Waals surface area (Å²) in [5.74, 6) is 1.20. The molecule has 0 unspecified atom stereocenters. The minimum Gasteiger partial charge on any atom is -0.497 e. The van der Waals surface area contributed by atoms with Crippen LogP contribution in [0.1, 0.15) is 33.8 Å². The highest BCUT2D eigenvalue weighted by atomic mass is 32.1. The van der Waals surface area contributed by atoms with Gasteiger partial charge in [-0.2, -0.15) is 0 Å². The van der Waals surface area contributed by atoms with Crippen LogP contribution in [-0.4, -0.2) is 32.8 Å². The maximum Gasteiger partial charge on any atom is 0.335 e. The normalized spacial score (nSPS) is 16.3. The van der Waals surface area contributed by atoms with Crippen molar-refractivity contribution in [1.82, 2.24) is 14.9 Å². The van der Waals surface area contributed by atoms with E-state index in [1.165, 1.54) is 0 Å². The number of carboxylic acids is 1. The quantitative estimate of drug-likeness (QED) is 0.206. The van der Waals surface area contributed by atoms with Gasteiger partial charge in [-0.25, -0.2) is 4.79 Å². The molecule has 0 amide bonds. The number of benzene rings is 3. The molecule has 0 saturated carbocycles. The van der Waals surface area contributed by atoms with Gasteiger partial charge in [0.15, 0.2) is 5.11 Å². The molecule has 1 fully saturated rings. The van der Waals surface area contributed by atoms with E-state index in [1.807, 2.05) is 79.0 Å². The highest BCUT2D eigenvalue weighted by Crippen LogP contribution is 2.42. The van der Waals surface area contributed by atoms with Gasteiger partial charge in [-0.3, -0.25) is 4.98 Å². The van der Waals surface area contributed by atoms with Crippen molar-refractivity contribution >= 4 is 29.0 Å². The molecule has 2 aromatic heterocycles. The fourth-order valence-corrected chi connectivity index (χ4v) is 5.37. The SMILES string of the molecule is COc1ccc(Oc2ccc(N3C(=S)N[C@@H](c4ccccn4)[C@@H]3c3cccn3-c3ccc(C(=O)O)cc3)cc2)cc1. The van der Waals surface area contributed by atoms with E-state index in [0.717, 1.165) is 28.5 Å². The average molecular weight is 563 g/mol. The second kappa shape index (κ2) is 11.1. The highest BCUT2D eigenvalue weighted by molar-refractivity contribution is 7.80. The lowest BCUT2D eigenvalue weighted by atomic mass is 10.0. The number of aromatic carboxylic acids is 1. The molecule has 0 spiro atoms. The highest BCUT2D eigenvalue weighted by Gasteiger charge is 2.42. The second-order valence-electron chi connectivity index (χ2n) is 9.42. The number of carboxylic acid groups (broad SMARTS) is 1. The second-order valence-corrected chi connectivity index (χ2v) is 9.81. The third kappa shape index (κ3) is 5.22. The molecule has 0 radical (unpaired) electrons. The predicted octanol–water partition coefficient (Wildman–Crippen LogP) is 6.55. The third-order valence-corrected chi connectivity index (χ3v) is 7.30. The largest absolute Gasteiger partial charge is 0.497 e. The molecule has 9 heteroatoms. The maximum atomic E-state index is 11.4. The van der Waals surface area contributed by atoms with E-state index in [1.54, 1.807) is 37.6 Å². The predicted molar refractivity (Wildman–Crippen MR) is 160 cm³/mol. The number of aromatic nitrogens is 2. The summed E-state index contributed by atoms with van der Waals surface area (Å²) in [4.78, 5) is 18.1. The fraction of sp³-hybridized carbons (Fsp3) is 0.0938. The van der Waals surface area contributed by atoms with Crippen LogP contribution in [0.5, 0.6) is 17.2 Å². The fourth-order valence-electron chi connectivity index (χ4n) is 5.02. The smallest absolute Gasteiger partial charge is 0.335 e. The molecule has 0 bridgehead atoms. The Balaban J connectivity index is 1.36. The zero-order valence-electron chi connectivity index (χ0n) is 22.0. The van der Waals surface area contributed by atoms with E-state index in [2.05, 4.69) is 25.8 Å². The summed E-state index contributed by atoms with van der Waals surface area (Å²) >= 11 is 5.89. The summed E-state index contributed by atoms with van der Waals surface area (Å²) in [5, 5.41) is 13.4. The van der Waals surface area contributed by atoms with Gasteiger partial charge in [0.25, 0.3) is 0 Å². The number of nitrogens with zero attached hydrogens (tertiary/aromatic N) is 3. The summed E-state index contributed by atoms with van der Waals surface area (Å²) in [7, 11) is 1.63. The summed E-state index contributed by atoms with van der Waals surface area (Å²) in [6.07, 6.45) is 3.74. The average Bonchev–Trinajstić information content (AvgIpc) is 3.63. The number of rotatable bonds is 8. The zero-order chi connectivity index (χ0) is 28.3. The summed E-state index contributed by atoms with van der Waals surface area (Å²) in [6.45, 7) is 0. The Morgan fingerprint density at radius 2 is 1.51 bits per heavy atom. The molecule has 3 heterocycles. The maximum absolute atomic E-state index is 11.4. The topological polar surface area (TPSA) is 88.9 Å². The van der Waals surface area contributed by atoms with Crippen LogP contribution in [-0.2, 0) is 0 Å². The molecule has 2 N–H and O–H groups in total. The van der Waals surface area contributed by atoms with Crippen molar-refractivity contribution in [3.8, 4) is 22.9 Å². The van der Waals surface area contributed by atoms with Crippen molar-refractivity contribution in [2.24, 2.45) is 0 Å². The van der Waals surface area contributed by atoms with E-state index in [9.17, 15) is 9.90 Å². The van der Waals surface area contributed by atoms with Crippen molar-refractivity contribution in [3.05, 3.63) is 132 Å². The molecule has 3 aromatic carbocycles. The lowest BCUT2D eigenvalue weighted by Gasteiger charge is -2.29. The van der Waals surface area contributed by atoms with Gasteiger partial charge in [-0.1, -0.05) is 6.07 Å². The Morgan fingerprint density at radius 3 is 2.15 bits per heavy atom. The van der Waals surface area contributed by atoms with Crippen molar-refractivity contribution in [1.29, 1.82) is 0 Å². The molecule has 41 heavy (non-hydrogen) atoms. The number of methoxy groups -OCH3 is 1. The van der Waals surface area contributed by atoms with Crippen LogP contribution in [0.15, 0.2) is 116 Å². The van der Waals surface area contributed by atoms with Gasteiger partial charge >= 0.3 is 5.97 Å². The van der Waals surface area contributed by atoms with E-state index >= 15 is 0 Å². The van der Waals surface area contributed by atoms with Crippen LogP contribution in [0.25, 0.3) is 5.69 Å². The number of anilines is 1. The van der Waals surface area contributed by atoms with Crippen LogP contribution in [0, 0.1) is 0 Å². The molecule has 5 aromatic rings. The van der Waals surface area contributed by atoms with E-state index in [-0.39, 0.29) is 17.6 Å². The summed E-state index contributed by atoms with van der Waals surface area (Å²) in [5.41, 5.74) is 3.79. The van der Waals surface area contributed by atoms with E-state index < -0.39 is 5.97 Å². The van der Waals surface area contributed by atoms with Crippen molar-refractivity contribution < 1.29 is 19.4 Å². The van der Waals surface area contributed by atoms with Gasteiger partial charge in [0.1, 0.15) is 23.3 Å². The van der Waals surface area contributed by atoms with Crippen molar-refractivity contribution in [3.63, 3.8) is 0 Å². The number of pyridine rings is 1. The Morgan fingerprint density at radius 1 is 0.854 bits per heavy atom.